The summed E-state index contributed by atoms with van der Waals surface area (Å²) >= 11 is 0. The standard InChI is InChI=1S/C22H31FN2O2/c23-20-7-5-18(6-8-20)22(27)19-10-13-25(14-11-19)12-9-16-1-3-17(4-2-16)15-21(24)26/h5-8,16-17,19H,1-4,9-15H2,(H2,24,26)/t16-,17-. The van der Waals surface area contributed by atoms with Gasteiger partial charge in [0, 0.05) is 17.9 Å². The molecule has 1 aliphatic carbocycles. The van der Waals surface area contributed by atoms with Crippen molar-refractivity contribution in [3.63, 3.8) is 0 Å². The van der Waals surface area contributed by atoms with Crippen LogP contribution in [0.5, 0.6) is 0 Å². The van der Waals surface area contributed by atoms with Crippen LogP contribution in [0.3, 0.4) is 0 Å². The highest BCUT2D eigenvalue weighted by atomic mass is 19.1. The number of carbonyl (C=O) groups excluding carboxylic acids is 2. The molecule has 2 aliphatic rings. The van der Waals surface area contributed by atoms with Crippen LogP contribution in [0.2, 0.25) is 0 Å². The third kappa shape index (κ3) is 5.86. The van der Waals surface area contributed by atoms with Gasteiger partial charge in [0.25, 0.3) is 0 Å². The Hall–Kier alpha value is -1.75. The molecule has 1 saturated carbocycles. The lowest BCUT2D eigenvalue weighted by Crippen LogP contribution is -2.37. The van der Waals surface area contributed by atoms with E-state index in [0.717, 1.165) is 51.2 Å². The lowest BCUT2D eigenvalue weighted by atomic mass is 9.79. The smallest absolute Gasteiger partial charge is 0.217 e. The summed E-state index contributed by atoms with van der Waals surface area (Å²) < 4.78 is 13.0. The quantitative estimate of drug-likeness (QED) is 0.739. The fraction of sp³-hybridized carbons (Fsp3) is 0.636. The van der Waals surface area contributed by atoms with Crippen molar-refractivity contribution in [3.8, 4) is 0 Å². The van der Waals surface area contributed by atoms with E-state index in [1.165, 1.54) is 31.4 Å². The molecule has 0 radical (unpaired) electrons. The third-order valence-electron chi connectivity index (χ3n) is 6.40. The van der Waals surface area contributed by atoms with Crippen LogP contribution in [0.25, 0.3) is 0 Å². The number of halogens is 1. The van der Waals surface area contributed by atoms with Crippen LogP contribution >= 0.6 is 0 Å². The number of amides is 1. The zero-order chi connectivity index (χ0) is 19.2. The van der Waals surface area contributed by atoms with Gasteiger partial charge in [0.05, 0.1) is 0 Å². The summed E-state index contributed by atoms with van der Waals surface area (Å²) in [5, 5.41) is 0. The first kappa shape index (κ1) is 20.0. The number of Topliss-reactive ketones (excluding diaryl/α,β-unsaturated/α-hetero) is 1. The highest BCUT2D eigenvalue weighted by Gasteiger charge is 2.27. The number of likely N-dealkylation sites (tertiary alicyclic amines) is 1. The molecule has 5 heteroatoms. The second kappa shape index (κ2) is 9.45. The van der Waals surface area contributed by atoms with Crippen molar-refractivity contribution in [1.29, 1.82) is 0 Å². The molecular weight excluding hydrogens is 343 g/mol. The average Bonchev–Trinajstić information content (AvgIpc) is 2.67. The molecule has 27 heavy (non-hydrogen) atoms. The highest BCUT2D eigenvalue weighted by Crippen LogP contribution is 2.33. The Kier molecular flexibility index (Phi) is 7.00. The summed E-state index contributed by atoms with van der Waals surface area (Å²) in [4.78, 5) is 26.1. The number of ketones is 1. The number of carbonyl (C=O) groups is 2. The predicted octanol–water partition coefficient (Wildman–Crippen LogP) is 3.79. The molecule has 1 aromatic carbocycles. The number of benzene rings is 1. The van der Waals surface area contributed by atoms with E-state index in [4.69, 9.17) is 5.73 Å². The number of hydrogen-bond acceptors (Lipinski definition) is 3. The summed E-state index contributed by atoms with van der Waals surface area (Å²) in [7, 11) is 0. The van der Waals surface area contributed by atoms with E-state index < -0.39 is 0 Å². The first-order valence-corrected chi connectivity index (χ1v) is 10.3. The molecule has 0 unspecified atom stereocenters. The van der Waals surface area contributed by atoms with Gasteiger partial charge in [-0.3, -0.25) is 9.59 Å². The van der Waals surface area contributed by atoms with Crippen LogP contribution in [0.15, 0.2) is 24.3 Å². The molecule has 2 N–H and O–H groups in total. The lowest BCUT2D eigenvalue weighted by molar-refractivity contribution is -0.119. The highest BCUT2D eigenvalue weighted by molar-refractivity contribution is 5.97. The van der Waals surface area contributed by atoms with Gasteiger partial charge in [0.1, 0.15) is 5.82 Å². The zero-order valence-electron chi connectivity index (χ0n) is 16.0. The SMILES string of the molecule is NC(=O)C[C@H]1CC[C@H](CCN2CCC(C(=O)c3ccc(F)cc3)CC2)CC1. The van der Waals surface area contributed by atoms with Crippen LogP contribution < -0.4 is 5.73 Å². The van der Waals surface area contributed by atoms with Gasteiger partial charge < -0.3 is 10.6 Å². The van der Waals surface area contributed by atoms with Gasteiger partial charge in [-0.2, -0.15) is 0 Å². The number of primary amides is 1. The van der Waals surface area contributed by atoms with Crippen LogP contribution in [-0.2, 0) is 4.79 Å². The van der Waals surface area contributed by atoms with Crippen LogP contribution in [0.1, 0.15) is 61.7 Å². The van der Waals surface area contributed by atoms with Gasteiger partial charge in [0.15, 0.2) is 5.78 Å². The minimum absolute atomic E-state index is 0.0657. The zero-order valence-corrected chi connectivity index (χ0v) is 16.0. The summed E-state index contributed by atoms with van der Waals surface area (Å²) in [6.07, 6.45) is 8.20. The van der Waals surface area contributed by atoms with Crippen molar-refractivity contribution in [3.05, 3.63) is 35.6 Å². The summed E-state index contributed by atoms with van der Waals surface area (Å²) in [5.41, 5.74) is 5.93. The van der Waals surface area contributed by atoms with E-state index in [1.54, 1.807) is 12.1 Å². The van der Waals surface area contributed by atoms with E-state index in [2.05, 4.69) is 4.90 Å². The molecule has 1 amide bonds. The summed E-state index contributed by atoms with van der Waals surface area (Å²) in [5.74, 6) is 1.000. The van der Waals surface area contributed by atoms with Crippen LogP contribution in [-0.4, -0.2) is 36.2 Å². The van der Waals surface area contributed by atoms with Crippen molar-refractivity contribution in [2.75, 3.05) is 19.6 Å². The number of piperidine rings is 1. The van der Waals surface area contributed by atoms with E-state index in [0.29, 0.717) is 17.9 Å². The molecule has 2 fully saturated rings. The van der Waals surface area contributed by atoms with Gasteiger partial charge in [-0.05, 0) is 87.8 Å². The maximum atomic E-state index is 13.0. The van der Waals surface area contributed by atoms with Crippen molar-refractivity contribution >= 4 is 11.7 Å². The fourth-order valence-electron chi connectivity index (χ4n) is 4.64. The molecule has 1 heterocycles. The maximum absolute atomic E-state index is 13.0. The average molecular weight is 375 g/mol. The Morgan fingerprint density at radius 1 is 0.963 bits per heavy atom. The van der Waals surface area contributed by atoms with Crippen molar-refractivity contribution in [2.24, 2.45) is 23.5 Å². The van der Waals surface area contributed by atoms with Crippen molar-refractivity contribution < 1.29 is 14.0 Å². The van der Waals surface area contributed by atoms with Gasteiger partial charge in [-0.25, -0.2) is 4.39 Å². The largest absolute Gasteiger partial charge is 0.370 e. The van der Waals surface area contributed by atoms with Gasteiger partial charge in [-0.1, -0.05) is 12.8 Å². The van der Waals surface area contributed by atoms with Crippen LogP contribution in [0, 0.1) is 23.6 Å². The van der Waals surface area contributed by atoms with E-state index in [9.17, 15) is 14.0 Å². The number of hydrogen-bond donors (Lipinski definition) is 1. The molecule has 1 saturated heterocycles. The Balaban J connectivity index is 1.36. The third-order valence-corrected chi connectivity index (χ3v) is 6.40. The second-order valence-corrected chi connectivity index (χ2v) is 8.33. The van der Waals surface area contributed by atoms with Crippen molar-refractivity contribution in [2.45, 2.75) is 51.4 Å². The Morgan fingerprint density at radius 2 is 1.56 bits per heavy atom. The number of nitrogens with zero attached hydrogens (tertiary/aromatic N) is 1. The predicted molar refractivity (Wildman–Crippen MR) is 104 cm³/mol. The number of rotatable bonds is 7. The molecule has 0 bridgehead atoms. The summed E-state index contributed by atoms with van der Waals surface area (Å²) in [6, 6.07) is 5.91. The fourth-order valence-corrected chi connectivity index (χ4v) is 4.64. The van der Waals surface area contributed by atoms with Gasteiger partial charge in [0.2, 0.25) is 5.91 Å². The van der Waals surface area contributed by atoms with E-state index in [1.807, 2.05) is 0 Å². The topological polar surface area (TPSA) is 63.4 Å². The molecule has 0 aromatic heterocycles. The molecule has 148 valence electrons. The Morgan fingerprint density at radius 3 is 2.15 bits per heavy atom. The lowest BCUT2D eigenvalue weighted by Gasteiger charge is -2.33. The number of nitrogens with two attached hydrogens (primary N) is 1. The minimum atomic E-state index is -0.301. The Bertz CT molecular complexity index is 630. The van der Waals surface area contributed by atoms with Crippen molar-refractivity contribution in [1.82, 2.24) is 4.90 Å². The minimum Gasteiger partial charge on any atom is -0.370 e. The molecule has 1 aromatic rings. The monoisotopic (exact) mass is 374 g/mol. The van der Waals surface area contributed by atoms with Gasteiger partial charge in [-0.15, -0.1) is 0 Å². The first-order valence-electron chi connectivity index (χ1n) is 10.3. The maximum Gasteiger partial charge on any atom is 0.217 e. The first-order chi connectivity index (χ1) is 13.0. The molecule has 3 rings (SSSR count). The Labute approximate surface area is 161 Å². The summed E-state index contributed by atoms with van der Waals surface area (Å²) in [6.45, 7) is 3.03. The molecule has 1 aliphatic heterocycles. The van der Waals surface area contributed by atoms with E-state index in [-0.39, 0.29) is 23.4 Å². The van der Waals surface area contributed by atoms with Crippen LogP contribution in [0.4, 0.5) is 4.39 Å². The molecule has 4 nitrogen and oxygen atoms in total. The van der Waals surface area contributed by atoms with E-state index >= 15 is 0 Å². The van der Waals surface area contributed by atoms with Gasteiger partial charge >= 0.3 is 0 Å². The normalized spacial score (nSPS) is 24.6. The molecule has 0 atom stereocenters. The second-order valence-electron chi connectivity index (χ2n) is 8.33. The molecular formula is C22H31FN2O2. The molecule has 0 spiro atoms.